The predicted molar refractivity (Wildman–Crippen MR) is 80.4 cm³/mol. The summed E-state index contributed by atoms with van der Waals surface area (Å²) >= 11 is 7.68. The molecule has 1 aromatic heterocycles. The van der Waals surface area contributed by atoms with Crippen molar-refractivity contribution in [3.05, 3.63) is 17.0 Å². The number of carbonyl (C=O) groups is 1. The number of nitrogens with zero attached hydrogens (tertiary/aromatic N) is 2. The van der Waals surface area contributed by atoms with Crippen LogP contribution in [0.2, 0.25) is 5.15 Å². The van der Waals surface area contributed by atoms with Crippen LogP contribution >= 0.6 is 23.4 Å². The second kappa shape index (κ2) is 7.55. The van der Waals surface area contributed by atoms with E-state index >= 15 is 0 Å². The van der Waals surface area contributed by atoms with E-state index < -0.39 is 0 Å². The number of amides is 1. The highest BCUT2D eigenvalue weighted by atomic mass is 35.5. The maximum Gasteiger partial charge on any atom is 0.242 e. The number of rotatable bonds is 6. The molecular formula is C12H19ClN4OS. The molecule has 0 unspecified atom stereocenters. The van der Waals surface area contributed by atoms with Crippen molar-refractivity contribution in [1.29, 1.82) is 0 Å². The van der Waals surface area contributed by atoms with Gasteiger partial charge in [0.2, 0.25) is 5.91 Å². The van der Waals surface area contributed by atoms with Crippen molar-refractivity contribution < 1.29 is 4.79 Å². The lowest BCUT2D eigenvalue weighted by molar-refractivity contribution is -0.123. The summed E-state index contributed by atoms with van der Waals surface area (Å²) in [4.78, 5) is 19.9. The summed E-state index contributed by atoms with van der Waals surface area (Å²) in [5.74, 6) is 1.34. The molecular weight excluding hydrogens is 284 g/mol. The van der Waals surface area contributed by atoms with Crippen molar-refractivity contribution >= 4 is 35.1 Å². The van der Waals surface area contributed by atoms with E-state index in [0.29, 0.717) is 11.0 Å². The van der Waals surface area contributed by atoms with Crippen LogP contribution in [0.1, 0.15) is 32.3 Å². The monoisotopic (exact) mass is 302 g/mol. The maximum atomic E-state index is 11.8. The average molecular weight is 303 g/mol. The van der Waals surface area contributed by atoms with Gasteiger partial charge >= 0.3 is 0 Å². The van der Waals surface area contributed by atoms with Crippen molar-refractivity contribution in [2.24, 2.45) is 5.92 Å². The van der Waals surface area contributed by atoms with Gasteiger partial charge in [-0.2, -0.15) is 11.8 Å². The summed E-state index contributed by atoms with van der Waals surface area (Å²) in [6, 6.07) is 0. The molecule has 1 heterocycles. The van der Waals surface area contributed by atoms with Crippen LogP contribution in [-0.2, 0) is 4.79 Å². The van der Waals surface area contributed by atoms with Crippen molar-refractivity contribution in [3.8, 4) is 0 Å². The molecule has 0 aromatic carbocycles. The molecule has 0 aliphatic rings. The highest BCUT2D eigenvalue weighted by molar-refractivity contribution is 7.98. The third-order valence-electron chi connectivity index (χ3n) is 2.58. The van der Waals surface area contributed by atoms with Gasteiger partial charge in [0.25, 0.3) is 0 Å². The molecule has 0 aliphatic heterocycles. The Morgan fingerprint density at radius 1 is 1.42 bits per heavy atom. The Bertz CT molecular complexity index is 442. The third kappa shape index (κ3) is 4.54. The topological polar surface area (TPSA) is 66.9 Å². The second-order valence-corrected chi connectivity index (χ2v) is 5.82. The normalized spacial score (nSPS) is 12.3. The largest absolute Gasteiger partial charge is 0.281 e. The number of anilines is 1. The highest BCUT2D eigenvalue weighted by Gasteiger charge is 2.16. The maximum absolute atomic E-state index is 11.8. The molecule has 0 saturated heterocycles. The SMILES string of the molecule is CSC[C@H](C)C(=O)NNc1ncnc(Cl)c1C(C)C. The number of thioether (sulfide) groups is 1. The lowest BCUT2D eigenvalue weighted by Crippen LogP contribution is -2.35. The molecule has 0 radical (unpaired) electrons. The minimum Gasteiger partial charge on any atom is -0.281 e. The van der Waals surface area contributed by atoms with Crippen molar-refractivity contribution in [2.45, 2.75) is 26.7 Å². The fourth-order valence-corrected chi connectivity index (χ4v) is 2.56. The van der Waals surface area contributed by atoms with Crippen LogP contribution in [0.5, 0.6) is 0 Å². The van der Waals surface area contributed by atoms with Gasteiger partial charge in [-0.25, -0.2) is 9.97 Å². The standard InChI is InChI=1S/C12H19ClN4OS/c1-7(2)9-10(13)14-6-15-11(9)16-17-12(18)8(3)5-19-4/h6-8H,5H2,1-4H3,(H,17,18)(H,14,15,16)/t8-/m0/s1. The molecule has 0 spiro atoms. The van der Waals surface area contributed by atoms with Gasteiger partial charge in [-0.15, -0.1) is 0 Å². The lowest BCUT2D eigenvalue weighted by atomic mass is 10.1. The number of halogens is 1. The first kappa shape index (κ1) is 16.0. The van der Waals surface area contributed by atoms with Crippen molar-refractivity contribution in [1.82, 2.24) is 15.4 Å². The first-order chi connectivity index (χ1) is 8.97. The summed E-state index contributed by atoms with van der Waals surface area (Å²) in [6.45, 7) is 5.87. The highest BCUT2D eigenvalue weighted by Crippen LogP contribution is 2.27. The molecule has 1 aromatic rings. The molecule has 1 atom stereocenters. The molecule has 0 aliphatic carbocycles. The molecule has 2 N–H and O–H groups in total. The van der Waals surface area contributed by atoms with Crippen LogP contribution in [-0.4, -0.2) is 27.9 Å². The first-order valence-corrected chi connectivity index (χ1v) is 7.79. The quantitative estimate of drug-likeness (QED) is 0.625. The Hall–Kier alpha value is -1.01. The fraction of sp³-hybridized carbons (Fsp3) is 0.583. The smallest absolute Gasteiger partial charge is 0.242 e. The van der Waals surface area contributed by atoms with Crippen molar-refractivity contribution in [2.75, 3.05) is 17.4 Å². The Labute approximate surface area is 122 Å². The van der Waals surface area contributed by atoms with Gasteiger partial charge in [-0.05, 0) is 12.2 Å². The minimum atomic E-state index is -0.0706. The van der Waals surface area contributed by atoms with E-state index in [0.717, 1.165) is 11.3 Å². The van der Waals surface area contributed by atoms with E-state index in [9.17, 15) is 4.79 Å². The van der Waals surface area contributed by atoms with E-state index in [4.69, 9.17) is 11.6 Å². The van der Waals surface area contributed by atoms with Gasteiger partial charge < -0.3 is 0 Å². The van der Waals surface area contributed by atoms with Crippen LogP contribution in [0.25, 0.3) is 0 Å². The molecule has 106 valence electrons. The Kier molecular flexibility index (Phi) is 6.37. The third-order valence-corrected chi connectivity index (χ3v) is 3.72. The van der Waals surface area contributed by atoms with E-state index in [1.54, 1.807) is 11.8 Å². The average Bonchev–Trinajstić information content (AvgIpc) is 2.35. The van der Waals surface area contributed by atoms with Gasteiger partial charge in [-0.3, -0.25) is 15.6 Å². The van der Waals surface area contributed by atoms with E-state index in [2.05, 4.69) is 20.8 Å². The molecule has 5 nitrogen and oxygen atoms in total. The number of nitrogens with one attached hydrogen (secondary N) is 2. The zero-order valence-corrected chi connectivity index (χ0v) is 13.1. The zero-order chi connectivity index (χ0) is 14.4. The van der Waals surface area contributed by atoms with Crippen molar-refractivity contribution in [3.63, 3.8) is 0 Å². The number of aromatic nitrogens is 2. The molecule has 0 bridgehead atoms. The number of carbonyl (C=O) groups excluding carboxylic acids is 1. The van der Waals surface area contributed by atoms with Gasteiger partial charge in [0, 0.05) is 17.2 Å². The van der Waals surface area contributed by atoms with Crippen LogP contribution in [0.15, 0.2) is 6.33 Å². The molecule has 7 heteroatoms. The van der Waals surface area contributed by atoms with Gasteiger partial charge in [0.1, 0.15) is 11.5 Å². The van der Waals surface area contributed by atoms with Gasteiger partial charge in [0.15, 0.2) is 5.82 Å². The summed E-state index contributed by atoms with van der Waals surface area (Å²) < 4.78 is 0. The summed E-state index contributed by atoms with van der Waals surface area (Å²) in [6.07, 6.45) is 3.34. The molecule has 1 rings (SSSR count). The molecule has 19 heavy (non-hydrogen) atoms. The Morgan fingerprint density at radius 3 is 2.68 bits per heavy atom. The van der Waals surface area contributed by atoms with Crippen LogP contribution < -0.4 is 10.9 Å². The predicted octanol–water partition coefficient (Wildman–Crippen LogP) is 2.70. The lowest BCUT2D eigenvalue weighted by Gasteiger charge is -2.16. The zero-order valence-electron chi connectivity index (χ0n) is 11.5. The summed E-state index contributed by atoms with van der Waals surface area (Å²) in [5.41, 5.74) is 6.28. The first-order valence-electron chi connectivity index (χ1n) is 6.02. The summed E-state index contributed by atoms with van der Waals surface area (Å²) in [5, 5.41) is 0.402. The van der Waals surface area contributed by atoms with Crippen LogP contribution in [0.3, 0.4) is 0 Å². The second-order valence-electron chi connectivity index (χ2n) is 4.55. The molecule has 0 fully saturated rings. The number of hydrogen-bond acceptors (Lipinski definition) is 5. The molecule has 0 saturated carbocycles. The number of hydrazine groups is 1. The minimum absolute atomic E-state index is 0.0673. The van der Waals surface area contributed by atoms with Crippen LogP contribution in [0.4, 0.5) is 5.82 Å². The Balaban J connectivity index is 2.73. The Morgan fingerprint density at radius 2 is 2.11 bits per heavy atom. The van der Waals surface area contributed by atoms with E-state index in [-0.39, 0.29) is 17.7 Å². The van der Waals surface area contributed by atoms with Gasteiger partial charge in [0.05, 0.1) is 0 Å². The van der Waals surface area contributed by atoms with Gasteiger partial charge in [-0.1, -0.05) is 32.4 Å². The van der Waals surface area contributed by atoms with Crippen LogP contribution in [0, 0.1) is 5.92 Å². The summed E-state index contributed by atoms with van der Waals surface area (Å²) in [7, 11) is 0. The van der Waals surface area contributed by atoms with E-state index in [1.165, 1.54) is 6.33 Å². The molecule has 1 amide bonds. The number of hydrogen-bond donors (Lipinski definition) is 2. The fourth-order valence-electron chi connectivity index (χ4n) is 1.56. The van der Waals surface area contributed by atoms with E-state index in [1.807, 2.05) is 27.0 Å².